The molecule has 7 heteroatoms. The molecule has 1 aliphatic heterocycles. The van der Waals surface area contributed by atoms with Crippen LogP contribution in [0, 0.1) is 18.2 Å². The molecule has 3 rings (SSSR count). The van der Waals surface area contributed by atoms with Gasteiger partial charge in [-0.1, -0.05) is 0 Å². The van der Waals surface area contributed by atoms with Crippen LogP contribution in [0.15, 0.2) is 24.3 Å². The smallest absolute Gasteiger partial charge is 0.311 e. The van der Waals surface area contributed by atoms with Gasteiger partial charge in [0.2, 0.25) is 0 Å². The van der Waals surface area contributed by atoms with Gasteiger partial charge in [-0.3, -0.25) is 9.59 Å². The quantitative estimate of drug-likeness (QED) is 0.925. The average Bonchev–Trinajstić information content (AvgIpc) is 3.12. The molecular weight excluding hydrogens is 331 g/mol. The molecule has 24 heavy (non-hydrogen) atoms. The molecule has 0 bridgehead atoms. The van der Waals surface area contributed by atoms with E-state index < -0.39 is 11.4 Å². The second-order valence-electron chi connectivity index (χ2n) is 6.28. The molecule has 1 fully saturated rings. The summed E-state index contributed by atoms with van der Waals surface area (Å²) >= 11 is 1.25. The fraction of sp³-hybridized carbons (Fsp3) is 0.353. The van der Waals surface area contributed by atoms with E-state index in [-0.39, 0.29) is 18.3 Å². The number of rotatable bonds is 3. The maximum absolute atomic E-state index is 13.0. The van der Waals surface area contributed by atoms with Gasteiger partial charge in [-0.25, -0.2) is 9.37 Å². The summed E-state index contributed by atoms with van der Waals surface area (Å²) in [4.78, 5) is 30.5. The summed E-state index contributed by atoms with van der Waals surface area (Å²) in [5.74, 6) is -1.40. The Labute approximate surface area is 142 Å². The van der Waals surface area contributed by atoms with Crippen molar-refractivity contribution in [1.82, 2.24) is 9.88 Å². The number of thiazole rings is 1. The lowest BCUT2D eigenvalue weighted by Crippen LogP contribution is -2.34. The van der Waals surface area contributed by atoms with Crippen molar-refractivity contribution in [3.8, 4) is 10.6 Å². The molecule has 0 saturated carbocycles. The molecular formula is C17H17FN2O3S. The third-order valence-corrected chi connectivity index (χ3v) is 5.55. The van der Waals surface area contributed by atoms with Crippen molar-refractivity contribution in [2.75, 3.05) is 13.1 Å². The van der Waals surface area contributed by atoms with Gasteiger partial charge in [0.15, 0.2) is 0 Å². The Bertz CT molecular complexity index is 803. The van der Waals surface area contributed by atoms with E-state index in [1.165, 1.54) is 23.5 Å². The van der Waals surface area contributed by atoms with E-state index in [2.05, 4.69) is 4.98 Å². The van der Waals surface area contributed by atoms with Crippen LogP contribution >= 0.6 is 11.3 Å². The first-order chi connectivity index (χ1) is 11.3. The number of hydrogen-bond acceptors (Lipinski definition) is 4. The number of aryl methyl sites for hydroxylation is 1. The minimum Gasteiger partial charge on any atom is -0.481 e. The summed E-state index contributed by atoms with van der Waals surface area (Å²) in [6.07, 6.45) is 0.441. The number of carbonyl (C=O) groups excluding carboxylic acids is 1. The third kappa shape index (κ3) is 2.91. The molecule has 1 saturated heterocycles. The van der Waals surface area contributed by atoms with Crippen LogP contribution in [-0.4, -0.2) is 40.0 Å². The van der Waals surface area contributed by atoms with Gasteiger partial charge in [-0.2, -0.15) is 0 Å². The fourth-order valence-corrected chi connectivity index (χ4v) is 3.80. The lowest BCUT2D eigenvalue weighted by Gasteiger charge is -2.19. The number of likely N-dealkylation sites (tertiary alicyclic amines) is 1. The van der Waals surface area contributed by atoms with Gasteiger partial charge in [-0.15, -0.1) is 11.3 Å². The van der Waals surface area contributed by atoms with E-state index in [0.29, 0.717) is 28.5 Å². The summed E-state index contributed by atoms with van der Waals surface area (Å²) < 4.78 is 13.0. The monoisotopic (exact) mass is 348 g/mol. The zero-order valence-corrected chi connectivity index (χ0v) is 14.2. The Morgan fingerprint density at radius 3 is 2.58 bits per heavy atom. The SMILES string of the molecule is Cc1nc(-c2ccc(F)cc2)sc1C(=O)N1CC[C@](C)(C(=O)O)C1. The molecule has 126 valence electrons. The second-order valence-corrected chi connectivity index (χ2v) is 7.28. The highest BCUT2D eigenvalue weighted by molar-refractivity contribution is 7.17. The van der Waals surface area contributed by atoms with Gasteiger partial charge >= 0.3 is 5.97 Å². The largest absolute Gasteiger partial charge is 0.481 e. The van der Waals surface area contributed by atoms with Crippen molar-refractivity contribution in [2.45, 2.75) is 20.3 Å². The molecule has 1 aromatic carbocycles. The molecule has 2 heterocycles. The summed E-state index contributed by atoms with van der Waals surface area (Å²) in [6.45, 7) is 4.03. The number of carboxylic acids is 1. The van der Waals surface area contributed by atoms with E-state index in [0.717, 1.165) is 5.56 Å². The van der Waals surface area contributed by atoms with E-state index >= 15 is 0 Å². The summed E-state index contributed by atoms with van der Waals surface area (Å²) in [5.41, 5.74) is 0.460. The van der Waals surface area contributed by atoms with E-state index in [9.17, 15) is 19.1 Å². The molecule has 5 nitrogen and oxygen atoms in total. The second kappa shape index (κ2) is 5.98. The van der Waals surface area contributed by atoms with Crippen LogP contribution in [0.25, 0.3) is 10.6 Å². The molecule has 0 unspecified atom stereocenters. The Morgan fingerprint density at radius 1 is 1.33 bits per heavy atom. The van der Waals surface area contributed by atoms with Gasteiger partial charge in [0.25, 0.3) is 5.91 Å². The minimum atomic E-state index is -0.895. The number of nitrogens with zero attached hydrogens (tertiary/aromatic N) is 2. The van der Waals surface area contributed by atoms with Crippen LogP contribution in [-0.2, 0) is 4.79 Å². The van der Waals surface area contributed by atoms with Crippen molar-refractivity contribution >= 4 is 23.2 Å². The highest BCUT2D eigenvalue weighted by atomic mass is 32.1. The zero-order valence-electron chi connectivity index (χ0n) is 13.4. The predicted octanol–water partition coefficient (Wildman–Crippen LogP) is 3.19. The van der Waals surface area contributed by atoms with E-state index in [1.54, 1.807) is 30.9 Å². The van der Waals surface area contributed by atoms with Crippen molar-refractivity contribution in [1.29, 1.82) is 0 Å². The fourth-order valence-electron chi connectivity index (χ4n) is 2.76. The first-order valence-electron chi connectivity index (χ1n) is 7.56. The predicted molar refractivity (Wildman–Crippen MR) is 88.5 cm³/mol. The molecule has 2 aromatic rings. The van der Waals surface area contributed by atoms with Crippen LogP contribution in [0.2, 0.25) is 0 Å². The highest BCUT2D eigenvalue weighted by Gasteiger charge is 2.42. The first kappa shape index (κ1) is 16.6. The molecule has 1 atom stereocenters. The van der Waals surface area contributed by atoms with Crippen molar-refractivity contribution in [3.05, 3.63) is 40.7 Å². The van der Waals surface area contributed by atoms with E-state index in [4.69, 9.17) is 0 Å². The van der Waals surface area contributed by atoms with Crippen LogP contribution in [0.4, 0.5) is 4.39 Å². The van der Waals surface area contributed by atoms with Crippen LogP contribution < -0.4 is 0 Å². The minimum absolute atomic E-state index is 0.191. The number of amides is 1. The average molecular weight is 348 g/mol. The lowest BCUT2D eigenvalue weighted by atomic mass is 9.90. The number of benzene rings is 1. The standard InChI is InChI=1S/C17H17FN2O3S/c1-10-13(15(21)20-8-7-17(2,9-20)16(22)23)24-14(19-10)11-3-5-12(18)6-4-11/h3-6H,7-9H2,1-2H3,(H,22,23)/t17-/m0/s1. The maximum Gasteiger partial charge on any atom is 0.311 e. The topological polar surface area (TPSA) is 70.5 Å². The normalized spacial score (nSPS) is 20.4. The summed E-state index contributed by atoms with van der Waals surface area (Å²) in [5, 5.41) is 9.94. The van der Waals surface area contributed by atoms with Crippen molar-refractivity contribution < 1.29 is 19.1 Å². The molecule has 0 aliphatic carbocycles. The summed E-state index contributed by atoms with van der Waals surface area (Å²) in [6, 6.07) is 5.96. The van der Waals surface area contributed by atoms with Crippen LogP contribution in [0.3, 0.4) is 0 Å². The third-order valence-electron chi connectivity index (χ3n) is 4.36. The number of aromatic nitrogens is 1. The lowest BCUT2D eigenvalue weighted by molar-refractivity contribution is -0.147. The molecule has 1 aromatic heterocycles. The Hall–Kier alpha value is -2.28. The van der Waals surface area contributed by atoms with Gasteiger partial charge in [0.1, 0.15) is 15.7 Å². The van der Waals surface area contributed by atoms with Gasteiger partial charge in [0.05, 0.1) is 11.1 Å². The molecule has 0 radical (unpaired) electrons. The molecule has 0 spiro atoms. The Morgan fingerprint density at radius 2 is 2.00 bits per heavy atom. The van der Waals surface area contributed by atoms with Gasteiger partial charge in [0, 0.05) is 18.7 Å². The maximum atomic E-state index is 13.0. The number of aliphatic carboxylic acids is 1. The van der Waals surface area contributed by atoms with Crippen LogP contribution in [0.1, 0.15) is 28.7 Å². The van der Waals surface area contributed by atoms with Crippen molar-refractivity contribution in [2.24, 2.45) is 5.41 Å². The van der Waals surface area contributed by atoms with Crippen LogP contribution in [0.5, 0.6) is 0 Å². The molecule has 1 amide bonds. The van der Waals surface area contributed by atoms with E-state index in [1.807, 2.05) is 0 Å². The number of carboxylic acid groups (broad SMARTS) is 1. The van der Waals surface area contributed by atoms with Gasteiger partial charge in [-0.05, 0) is 44.5 Å². The highest BCUT2D eigenvalue weighted by Crippen LogP contribution is 2.34. The molecule has 1 N–H and O–H groups in total. The number of hydrogen-bond donors (Lipinski definition) is 1. The number of carbonyl (C=O) groups is 2. The zero-order chi connectivity index (χ0) is 17.5. The molecule has 1 aliphatic rings. The van der Waals surface area contributed by atoms with Gasteiger partial charge < -0.3 is 10.0 Å². The Balaban J connectivity index is 1.84. The Kier molecular flexibility index (Phi) is 4.13. The van der Waals surface area contributed by atoms with Crippen molar-refractivity contribution in [3.63, 3.8) is 0 Å². The summed E-state index contributed by atoms with van der Waals surface area (Å²) in [7, 11) is 0. The first-order valence-corrected chi connectivity index (χ1v) is 8.38. The number of halogens is 1.